The van der Waals surface area contributed by atoms with Crippen molar-refractivity contribution in [1.82, 2.24) is 0 Å². The van der Waals surface area contributed by atoms with Crippen LogP contribution in [-0.4, -0.2) is 190 Å². The molecule has 0 saturated heterocycles. The van der Waals surface area contributed by atoms with E-state index in [0.717, 1.165) is 0 Å². The van der Waals surface area contributed by atoms with E-state index < -0.39 is 186 Å². The maximum absolute atomic E-state index is 15.9. The van der Waals surface area contributed by atoms with Gasteiger partial charge in [0, 0.05) is 13.2 Å². The predicted octanol–water partition coefficient (Wildman–Crippen LogP) is 6.74. The van der Waals surface area contributed by atoms with Crippen molar-refractivity contribution in [2.75, 3.05) is 39.6 Å². The predicted molar refractivity (Wildman–Crippen MR) is 148 cm³/mol. The van der Waals surface area contributed by atoms with Gasteiger partial charge in [-0.25, -0.2) is 43.9 Å². The van der Waals surface area contributed by atoms with Crippen LogP contribution in [0, 0.1) is 0 Å². The maximum Gasteiger partial charge on any atom is 0.397 e. The van der Waals surface area contributed by atoms with Gasteiger partial charge >= 0.3 is 82.3 Å². The molecular weight excluding hydrogens is 1070 g/mol. The van der Waals surface area contributed by atoms with Crippen molar-refractivity contribution >= 4 is 11.6 Å². The van der Waals surface area contributed by atoms with E-state index in [1.165, 1.54) is 0 Å². The largest absolute Gasteiger partial charge is 0.397 e. The van der Waals surface area contributed by atoms with Crippen LogP contribution < -0.4 is 0 Å². The summed E-state index contributed by atoms with van der Waals surface area (Å²) in [6, 6.07) is 0. The topological polar surface area (TPSA) is 112 Å². The van der Waals surface area contributed by atoms with E-state index in [2.05, 4.69) is 18.9 Å². The van der Waals surface area contributed by atoms with Crippen molar-refractivity contribution in [3.63, 3.8) is 0 Å². The van der Waals surface area contributed by atoms with Crippen molar-refractivity contribution in [2.24, 2.45) is 0 Å². The number of rotatable bonds is 16. The number of hydrogen-bond donors (Lipinski definition) is 2. The summed E-state index contributed by atoms with van der Waals surface area (Å²) < 4.78 is 465. The van der Waals surface area contributed by atoms with Crippen molar-refractivity contribution in [3.8, 4) is 0 Å². The zero-order valence-corrected chi connectivity index (χ0v) is 31.8. The molecule has 0 spiro atoms. The minimum Gasteiger partial charge on any atom is -0.388 e. The van der Waals surface area contributed by atoms with E-state index in [-0.39, 0.29) is 0 Å². The Kier molecular flexibility index (Phi) is 10.9. The molecule has 0 radical (unpaired) electrons. The monoisotopic (exact) mass is 1090 g/mol. The molecule has 8 bridgehead atoms. The molecule has 38 heteroatoms. The number of hydrogen-bond acceptors (Lipinski definition) is 8. The molecule has 0 amide bonds. The molecule has 400 valence electrons. The molecule has 8 aliphatic rings. The van der Waals surface area contributed by atoms with Gasteiger partial charge in [0.1, 0.15) is 12.2 Å². The Labute approximate surface area is 357 Å². The van der Waals surface area contributed by atoms with Crippen LogP contribution >= 0.6 is 0 Å². The van der Waals surface area contributed by atoms with Crippen LogP contribution in [0.4, 0.5) is 132 Å². The fourth-order valence-electron chi connectivity index (χ4n) is 9.49. The molecule has 69 heavy (non-hydrogen) atoms. The van der Waals surface area contributed by atoms with Crippen molar-refractivity contribution in [1.29, 1.82) is 0 Å². The molecule has 0 heterocycles. The van der Waals surface area contributed by atoms with Crippen molar-refractivity contribution < 1.29 is 170 Å². The fraction of sp³-hybridized carbons (Fsp3) is 0.935. The molecule has 12 unspecified atom stereocenters. The van der Waals surface area contributed by atoms with E-state index >= 15 is 43.9 Å². The third kappa shape index (κ3) is 4.44. The molecule has 0 aromatic rings. The standard InChI is InChI=1S/C31H18F30O8/c32-12-10(64)14(34)24(46,47)18(38,28(54,55)20(40,22(12,42)43)26(14,50)51)16(12,36)30(58,59)68-6-8(62)4-66-2-1-3-67-5-9(63)7-69-31(60,61)17(37)13(33)11(65)15(35)25(48,49)19(17,39)29(56,57)21(41,23(13,44)45)27(15,52)53/h8-9,62-63H,1-7H2. The van der Waals surface area contributed by atoms with Crippen molar-refractivity contribution in [2.45, 2.75) is 135 Å². The third-order valence-corrected chi connectivity index (χ3v) is 13.0. The second kappa shape index (κ2) is 13.6. The molecule has 2 N–H and O–H groups in total. The van der Waals surface area contributed by atoms with Crippen LogP contribution in [0.3, 0.4) is 0 Å². The molecule has 0 aromatic carbocycles. The molecule has 0 aromatic heterocycles. The number of ketones is 2. The van der Waals surface area contributed by atoms with Crippen LogP contribution in [0.5, 0.6) is 0 Å². The molecular formula is C31H18F30O8. The van der Waals surface area contributed by atoms with E-state index in [4.69, 9.17) is 0 Å². The number of aliphatic hydroxyl groups is 2. The van der Waals surface area contributed by atoms with Gasteiger partial charge in [0.2, 0.25) is 11.6 Å². The van der Waals surface area contributed by atoms with Gasteiger partial charge in [0.15, 0.2) is 0 Å². The van der Waals surface area contributed by atoms with Crippen LogP contribution in [0.1, 0.15) is 6.42 Å². The van der Waals surface area contributed by atoms with Gasteiger partial charge in [0.25, 0.3) is 34.0 Å². The summed E-state index contributed by atoms with van der Waals surface area (Å²) in [6.07, 6.45) is -21.7. The van der Waals surface area contributed by atoms with E-state index in [1.807, 2.05) is 0 Å². The lowest BCUT2D eigenvalue weighted by molar-refractivity contribution is -0.555. The smallest absolute Gasteiger partial charge is 0.388 e. The Bertz CT molecular complexity index is 2050. The normalized spacial score (nSPS) is 46.3. The zero-order valence-electron chi connectivity index (χ0n) is 31.8. The molecule has 8 nitrogen and oxygen atoms in total. The summed E-state index contributed by atoms with van der Waals surface area (Å²) >= 11 is 0. The van der Waals surface area contributed by atoms with Crippen LogP contribution in [-0.2, 0) is 28.5 Å². The van der Waals surface area contributed by atoms with Gasteiger partial charge < -0.3 is 29.2 Å². The summed E-state index contributed by atoms with van der Waals surface area (Å²) in [5.74, 6) is -75.0. The highest BCUT2D eigenvalue weighted by molar-refractivity contribution is 6.05. The minimum absolute atomic E-state index is 0.790. The second-order valence-corrected chi connectivity index (χ2v) is 16.3. The Morgan fingerprint density at radius 1 is 0.362 bits per heavy atom. The van der Waals surface area contributed by atoms with Gasteiger partial charge in [-0.2, -0.15) is 87.8 Å². The number of halogens is 30. The first-order valence-electron chi connectivity index (χ1n) is 17.9. The van der Waals surface area contributed by atoms with Gasteiger partial charge in [-0.3, -0.25) is 9.59 Å². The Morgan fingerprint density at radius 2 is 0.594 bits per heavy atom. The molecule has 0 aliphatic heterocycles. The highest BCUT2D eigenvalue weighted by Crippen LogP contribution is 2.88. The highest BCUT2D eigenvalue weighted by Gasteiger charge is 3.23. The molecule has 8 rings (SSSR count). The number of aliphatic hydroxyl groups excluding tert-OH is 2. The van der Waals surface area contributed by atoms with Gasteiger partial charge in [-0.05, 0) is 6.42 Å². The molecule has 8 saturated carbocycles. The minimum atomic E-state index is -8.32. The highest BCUT2D eigenvalue weighted by atomic mass is 19.4. The number of Topliss-reactive ketones (excluding diaryl/α,β-unsaturated/α-hetero) is 2. The first kappa shape index (κ1) is 55.3. The summed E-state index contributed by atoms with van der Waals surface area (Å²) in [6.45, 7) is -10.6. The third-order valence-electron chi connectivity index (χ3n) is 13.0. The lowest BCUT2D eigenvalue weighted by Crippen LogP contribution is -3.08. The van der Waals surface area contributed by atoms with Crippen molar-refractivity contribution in [3.05, 3.63) is 0 Å². The first-order chi connectivity index (χ1) is 30.3. The molecule has 8 aliphatic carbocycles. The number of ether oxygens (including phenoxy) is 4. The number of carbonyl (C=O) groups excluding carboxylic acids is 2. The Morgan fingerprint density at radius 3 is 0.855 bits per heavy atom. The summed E-state index contributed by atoms with van der Waals surface area (Å²) in [5, 5.41) is 19.4. The SMILES string of the molecule is O=C1C2(F)C(F)(F)C3(F)C(F)(F)C1(F)C(F)(C(F)(F)OCC(O)COCCCOCC(O)COC(F)(F)C1(F)C4(F)C(=O)C5(F)C(F)(F)C(F)(C4(F)F)C(F)(F)C1(F)C5(F)F)C(F)(C2(F)F)C3(F)F. The molecule has 8 fully saturated rings. The molecule has 12 atom stereocenters. The van der Waals surface area contributed by atoms with E-state index in [1.54, 1.807) is 0 Å². The van der Waals surface area contributed by atoms with E-state index in [0.29, 0.717) is 0 Å². The number of carbonyl (C=O) groups is 2. The average molecular weight is 1090 g/mol. The zero-order chi connectivity index (χ0) is 54.1. The average Bonchev–Trinajstić information content (AvgIpc) is 3.22. The van der Waals surface area contributed by atoms with E-state index in [9.17, 15) is 108 Å². The Hall–Kier alpha value is -3.00. The van der Waals surface area contributed by atoms with Crippen LogP contribution in [0.2, 0.25) is 0 Å². The summed E-state index contributed by atoms with van der Waals surface area (Å²) in [4.78, 5) is 24.1. The Balaban J connectivity index is 1.06. The quantitative estimate of drug-likeness (QED) is 0.129. The fourth-order valence-corrected chi connectivity index (χ4v) is 9.49. The maximum atomic E-state index is 15.9. The lowest BCUT2D eigenvalue weighted by Gasteiger charge is -2.72. The van der Waals surface area contributed by atoms with Gasteiger partial charge in [0.05, 0.1) is 26.4 Å². The van der Waals surface area contributed by atoms with Crippen LogP contribution in [0.15, 0.2) is 0 Å². The second-order valence-electron chi connectivity index (χ2n) is 16.3. The van der Waals surface area contributed by atoms with Crippen LogP contribution in [0.25, 0.3) is 0 Å². The summed E-state index contributed by atoms with van der Waals surface area (Å²) in [7, 11) is 0. The summed E-state index contributed by atoms with van der Waals surface area (Å²) in [5.41, 5.74) is -79.4. The number of alkyl halides is 30. The lowest BCUT2D eigenvalue weighted by atomic mass is 9.38. The van der Waals surface area contributed by atoms with Gasteiger partial charge in [-0.1, -0.05) is 0 Å². The first-order valence-corrected chi connectivity index (χ1v) is 17.9. The van der Waals surface area contributed by atoms with Gasteiger partial charge in [-0.15, -0.1) is 0 Å².